The Morgan fingerprint density at radius 2 is 2.05 bits per heavy atom. The Labute approximate surface area is 120 Å². The van der Waals surface area contributed by atoms with E-state index in [1.165, 1.54) is 0 Å². The van der Waals surface area contributed by atoms with Gasteiger partial charge in [0.1, 0.15) is 5.82 Å². The highest BCUT2D eigenvalue weighted by Crippen LogP contribution is 2.19. The summed E-state index contributed by atoms with van der Waals surface area (Å²) in [5.41, 5.74) is 1.54. The molecule has 20 heavy (non-hydrogen) atoms. The lowest BCUT2D eigenvalue weighted by molar-refractivity contribution is 0.396. The van der Waals surface area contributed by atoms with Gasteiger partial charge in [-0.15, -0.1) is 0 Å². The predicted octanol–water partition coefficient (Wildman–Crippen LogP) is 2.86. The third-order valence-electron chi connectivity index (χ3n) is 3.17. The molecule has 0 spiro atoms. The van der Waals surface area contributed by atoms with E-state index in [1.54, 1.807) is 0 Å². The van der Waals surface area contributed by atoms with Gasteiger partial charge in [-0.2, -0.15) is 5.26 Å². The van der Waals surface area contributed by atoms with Crippen molar-refractivity contribution in [1.29, 1.82) is 5.26 Å². The summed E-state index contributed by atoms with van der Waals surface area (Å²) in [4.78, 5) is 6.73. The first-order valence-corrected chi connectivity index (χ1v) is 6.89. The highest BCUT2D eigenvalue weighted by Gasteiger charge is 2.04. The predicted molar refractivity (Wildman–Crippen MR) is 82.7 cm³/mol. The van der Waals surface area contributed by atoms with Crippen molar-refractivity contribution in [3.63, 3.8) is 0 Å². The van der Waals surface area contributed by atoms with Crippen LogP contribution in [0.4, 0.5) is 5.82 Å². The van der Waals surface area contributed by atoms with Gasteiger partial charge in [-0.1, -0.05) is 18.2 Å². The summed E-state index contributed by atoms with van der Waals surface area (Å²) >= 11 is 0. The Bertz CT molecular complexity index is 613. The second kappa shape index (κ2) is 6.88. The topological polar surface area (TPSA) is 52.0 Å². The van der Waals surface area contributed by atoms with Gasteiger partial charge >= 0.3 is 0 Å². The summed E-state index contributed by atoms with van der Waals surface area (Å²) < 4.78 is 0. The fourth-order valence-electron chi connectivity index (χ4n) is 2.13. The number of hydrogen-bond acceptors (Lipinski definition) is 4. The largest absolute Gasteiger partial charge is 0.370 e. The Morgan fingerprint density at radius 3 is 2.80 bits per heavy atom. The smallest absolute Gasteiger partial charge is 0.127 e. The van der Waals surface area contributed by atoms with Crippen LogP contribution in [0.25, 0.3) is 10.9 Å². The molecule has 0 saturated heterocycles. The molecule has 0 atom stereocenters. The lowest BCUT2D eigenvalue weighted by Gasteiger charge is -2.10. The molecular formula is C16H20N4. The van der Waals surface area contributed by atoms with Crippen LogP contribution in [0.2, 0.25) is 0 Å². The zero-order valence-corrected chi connectivity index (χ0v) is 12.1. The van der Waals surface area contributed by atoms with Crippen LogP contribution in [0.5, 0.6) is 0 Å². The number of rotatable bonds is 6. The molecular weight excluding hydrogens is 248 g/mol. The molecule has 1 N–H and O–H groups in total. The standard InChI is InChI=1S/C16H20N4/c1-20(2)10-6-5-9-18-16-11-13(12-17)14-7-3-4-8-15(14)19-16/h3-4,7-8,11H,5-6,9-10H2,1-2H3,(H,18,19). The van der Waals surface area contributed by atoms with E-state index in [9.17, 15) is 5.26 Å². The van der Waals surface area contributed by atoms with Crippen LogP contribution in [0.15, 0.2) is 30.3 Å². The molecule has 0 aliphatic rings. The number of pyridine rings is 1. The van der Waals surface area contributed by atoms with Crippen molar-refractivity contribution in [2.24, 2.45) is 0 Å². The van der Waals surface area contributed by atoms with Crippen molar-refractivity contribution in [1.82, 2.24) is 9.88 Å². The average Bonchev–Trinajstić information content (AvgIpc) is 2.45. The maximum Gasteiger partial charge on any atom is 0.127 e. The first-order valence-electron chi connectivity index (χ1n) is 6.89. The van der Waals surface area contributed by atoms with Crippen molar-refractivity contribution in [3.05, 3.63) is 35.9 Å². The van der Waals surface area contributed by atoms with Crippen molar-refractivity contribution < 1.29 is 0 Å². The fraction of sp³-hybridized carbons (Fsp3) is 0.375. The van der Waals surface area contributed by atoms with E-state index in [0.29, 0.717) is 5.56 Å². The molecule has 0 fully saturated rings. The molecule has 0 bridgehead atoms. The van der Waals surface area contributed by atoms with Crippen LogP contribution in [0.1, 0.15) is 18.4 Å². The molecule has 4 heteroatoms. The lowest BCUT2D eigenvalue weighted by Crippen LogP contribution is -2.14. The molecule has 104 valence electrons. The van der Waals surface area contributed by atoms with Crippen molar-refractivity contribution >= 4 is 16.7 Å². The molecule has 1 aromatic heterocycles. The minimum atomic E-state index is 0.673. The summed E-state index contributed by atoms with van der Waals surface area (Å²) in [7, 11) is 4.16. The molecule has 0 saturated carbocycles. The summed E-state index contributed by atoms with van der Waals surface area (Å²) in [5, 5.41) is 13.4. The number of para-hydroxylation sites is 1. The Morgan fingerprint density at radius 1 is 1.25 bits per heavy atom. The van der Waals surface area contributed by atoms with Crippen LogP contribution in [-0.4, -0.2) is 37.1 Å². The van der Waals surface area contributed by atoms with E-state index < -0.39 is 0 Å². The van der Waals surface area contributed by atoms with Gasteiger partial charge in [0, 0.05) is 11.9 Å². The molecule has 2 rings (SSSR count). The van der Waals surface area contributed by atoms with Crippen LogP contribution in [-0.2, 0) is 0 Å². The second-order valence-electron chi connectivity index (χ2n) is 5.12. The van der Waals surface area contributed by atoms with E-state index in [0.717, 1.165) is 42.7 Å². The minimum Gasteiger partial charge on any atom is -0.370 e. The molecule has 0 aliphatic carbocycles. The van der Waals surface area contributed by atoms with Gasteiger partial charge in [-0.05, 0) is 45.6 Å². The lowest BCUT2D eigenvalue weighted by atomic mass is 10.1. The first kappa shape index (κ1) is 14.3. The molecule has 1 heterocycles. The SMILES string of the molecule is CN(C)CCCCNc1cc(C#N)c2ccccc2n1. The quantitative estimate of drug-likeness (QED) is 0.818. The number of nitriles is 1. The number of benzene rings is 1. The summed E-state index contributed by atoms with van der Waals surface area (Å²) in [5.74, 6) is 0.783. The maximum absolute atomic E-state index is 9.22. The number of aromatic nitrogens is 1. The normalized spacial score (nSPS) is 10.7. The van der Waals surface area contributed by atoms with Gasteiger partial charge in [0.05, 0.1) is 17.1 Å². The van der Waals surface area contributed by atoms with Gasteiger partial charge in [0.25, 0.3) is 0 Å². The van der Waals surface area contributed by atoms with Crippen molar-refractivity contribution in [2.45, 2.75) is 12.8 Å². The van der Waals surface area contributed by atoms with Gasteiger partial charge in [-0.25, -0.2) is 4.98 Å². The number of nitrogens with zero attached hydrogens (tertiary/aromatic N) is 3. The van der Waals surface area contributed by atoms with Gasteiger partial charge in [0.15, 0.2) is 0 Å². The van der Waals surface area contributed by atoms with E-state index >= 15 is 0 Å². The van der Waals surface area contributed by atoms with Crippen molar-refractivity contribution in [3.8, 4) is 6.07 Å². The van der Waals surface area contributed by atoms with Gasteiger partial charge in [0.2, 0.25) is 0 Å². The third-order valence-corrected chi connectivity index (χ3v) is 3.17. The molecule has 0 radical (unpaired) electrons. The number of nitrogens with one attached hydrogen (secondary N) is 1. The average molecular weight is 268 g/mol. The van der Waals surface area contributed by atoms with Crippen LogP contribution in [0, 0.1) is 11.3 Å². The van der Waals surface area contributed by atoms with E-state index in [-0.39, 0.29) is 0 Å². The van der Waals surface area contributed by atoms with E-state index in [4.69, 9.17) is 0 Å². The minimum absolute atomic E-state index is 0.673. The maximum atomic E-state index is 9.22. The van der Waals surface area contributed by atoms with Gasteiger partial charge in [-0.3, -0.25) is 0 Å². The number of anilines is 1. The summed E-state index contributed by atoms with van der Waals surface area (Å²) in [6, 6.07) is 11.8. The number of unbranched alkanes of at least 4 members (excludes halogenated alkanes) is 1. The zero-order valence-electron chi connectivity index (χ0n) is 12.1. The second-order valence-corrected chi connectivity index (χ2v) is 5.12. The first-order chi connectivity index (χ1) is 9.70. The van der Waals surface area contributed by atoms with E-state index in [1.807, 2.05) is 30.3 Å². The molecule has 4 nitrogen and oxygen atoms in total. The summed E-state index contributed by atoms with van der Waals surface area (Å²) in [6.07, 6.45) is 2.24. The van der Waals surface area contributed by atoms with E-state index in [2.05, 4.69) is 35.4 Å². The molecule has 0 amide bonds. The van der Waals surface area contributed by atoms with Crippen LogP contribution >= 0.6 is 0 Å². The number of hydrogen-bond donors (Lipinski definition) is 1. The molecule has 2 aromatic rings. The third kappa shape index (κ3) is 3.69. The highest BCUT2D eigenvalue weighted by molar-refractivity contribution is 5.86. The highest BCUT2D eigenvalue weighted by atomic mass is 15.0. The Balaban J connectivity index is 2.02. The zero-order chi connectivity index (χ0) is 14.4. The fourth-order valence-corrected chi connectivity index (χ4v) is 2.13. The van der Waals surface area contributed by atoms with Crippen LogP contribution < -0.4 is 5.32 Å². The van der Waals surface area contributed by atoms with Crippen molar-refractivity contribution in [2.75, 3.05) is 32.5 Å². The number of fused-ring (bicyclic) bond motifs is 1. The Kier molecular flexibility index (Phi) is 4.91. The monoisotopic (exact) mass is 268 g/mol. The van der Waals surface area contributed by atoms with Crippen LogP contribution in [0.3, 0.4) is 0 Å². The van der Waals surface area contributed by atoms with Gasteiger partial charge < -0.3 is 10.2 Å². The Hall–Kier alpha value is -2.12. The molecule has 0 aliphatic heterocycles. The molecule has 0 unspecified atom stereocenters. The molecule has 1 aromatic carbocycles. The summed E-state index contributed by atoms with van der Waals surface area (Å²) in [6.45, 7) is 1.97.